The van der Waals surface area contributed by atoms with Crippen molar-refractivity contribution in [1.29, 1.82) is 0 Å². The molecule has 0 radical (unpaired) electrons. The smallest absolute Gasteiger partial charge is 0.334 e. The highest BCUT2D eigenvalue weighted by atomic mass is 32.2. The van der Waals surface area contributed by atoms with Gasteiger partial charge in [-0.2, -0.15) is 4.31 Å². The normalized spacial score (nSPS) is 17.2. The number of aromatic amines is 1. The number of H-pyrrole nitrogens is 1. The number of sulfonamides is 1. The molecule has 4 heterocycles. The van der Waals surface area contributed by atoms with Crippen molar-refractivity contribution in [2.75, 3.05) is 32.9 Å². The van der Waals surface area contributed by atoms with Crippen molar-refractivity contribution in [1.82, 2.24) is 23.7 Å². The van der Waals surface area contributed by atoms with E-state index >= 15 is 0 Å². The zero-order valence-electron chi connectivity index (χ0n) is 21.8. The minimum Gasteiger partial charge on any atom is -0.493 e. The largest absolute Gasteiger partial charge is 0.493 e. The maximum atomic E-state index is 13.6. The topological polar surface area (TPSA) is 140 Å². The molecular formula is C25H32N6O6S. The summed E-state index contributed by atoms with van der Waals surface area (Å²) in [7, 11) is -3.82. The van der Waals surface area contributed by atoms with Gasteiger partial charge in [-0.3, -0.25) is 4.98 Å². The molecule has 2 aliphatic rings. The Hall–Kier alpha value is -3.45. The molecule has 0 amide bonds. The first-order valence-electron chi connectivity index (χ1n) is 12.9. The SMILES string of the molecule is CCCc1nc(C)n2c(=O)[nH]c(-c3cc(S(=O)(=O)N4CCC(C5=NOCCO5)CC4)ccc3OCC)nc12. The van der Waals surface area contributed by atoms with Crippen LogP contribution in [0.5, 0.6) is 5.75 Å². The van der Waals surface area contributed by atoms with Crippen molar-refractivity contribution in [3.8, 4) is 17.1 Å². The number of oxime groups is 1. The minimum absolute atomic E-state index is 0.0232. The summed E-state index contributed by atoms with van der Waals surface area (Å²) in [5, 5.41) is 3.99. The van der Waals surface area contributed by atoms with Crippen LogP contribution in [0.25, 0.3) is 17.0 Å². The summed E-state index contributed by atoms with van der Waals surface area (Å²) in [6.45, 7) is 7.51. The standard InChI is InChI=1S/C25H32N6O6S/c1-4-6-20-23-27-22(28-25(32)31(23)16(3)26-20)19-15-18(7-8-21(19)35-5-2)38(33,34)30-11-9-17(10-12-30)24-29-37-14-13-36-24/h7-8,15,17H,4-6,9-14H2,1-3H3,(H,27,28,32). The van der Waals surface area contributed by atoms with Crippen molar-refractivity contribution in [2.45, 2.75) is 51.3 Å². The molecule has 12 nitrogen and oxygen atoms in total. The average molecular weight is 545 g/mol. The van der Waals surface area contributed by atoms with Crippen LogP contribution in [-0.2, 0) is 26.0 Å². The number of nitrogens with one attached hydrogen (secondary N) is 1. The number of aryl methyl sites for hydroxylation is 2. The molecule has 0 aliphatic carbocycles. The van der Waals surface area contributed by atoms with Crippen LogP contribution in [0.3, 0.4) is 0 Å². The van der Waals surface area contributed by atoms with Gasteiger partial charge in [0.05, 0.1) is 22.8 Å². The fraction of sp³-hybridized carbons (Fsp3) is 0.520. The zero-order chi connectivity index (χ0) is 26.9. The van der Waals surface area contributed by atoms with Gasteiger partial charge in [0.2, 0.25) is 15.9 Å². The van der Waals surface area contributed by atoms with Crippen LogP contribution in [0.15, 0.2) is 33.0 Å². The summed E-state index contributed by atoms with van der Waals surface area (Å²) >= 11 is 0. The van der Waals surface area contributed by atoms with E-state index in [1.54, 1.807) is 13.0 Å². The highest BCUT2D eigenvalue weighted by molar-refractivity contribution is 7.89. The van der Waals surface area contributed by atoms with Crippen molar-refractivity contribution < 1.29 is 22.7 Å². The molecule has 0 spiro atoms. The van der Waals surface area contributed by atoms with Crippen LogP contribution in [0.4, 0.5) is 0 Å². The predicted molar refractivity (Wildman–Crippen MR) is 140 cm³/mol. The van der Waals surface area contributed by atoms with Crippen LogP contribution < -0.4 is 10.4 Å². The number of ether oxygens (including phenoxy) is 2. The minimum atomic E-state index is -3.82. The number of nitrogens with zero attached hydrogens (tertiary/aromatic N) is 5. The van der Waals surface area contributed by atoms with Crippen molar-refractivity contribution in [2.24, 2.45) is 11.1 Å². The number of aromatic nitrogens is 4. The molecule has 1 saturated heterocycles. The van der Waals surface area contributed by atoms with Crippen LogP contribution in [0.1, 0.15) is 44.6 Å². The van der Waals surface area contributed by atoms with Gasteiger partial charge in [-0.05, 0) is 51.3 Å². The predicted octanol–water partition coefficient (Wildman–Crippen LogP) is 2.51. The number of benzene rings is 1. The Kier molecular flexibility index (Phi) is 7.39. The van der Waals surface area contributed by atoms with Crippen molar-refractivity contribution >= 4 is 21.6 Å². The fourth-order valence-corrected chi connectivity index (χ4v) is 6.39. The molecule has 0 bridgehead atoms. The van der Waals surface area contributed by atoms with Crippen molar-refractivity contribution in [3.63, 3.8) is 0 Å². The number of hydrogen-bond acceptors (Lipinski definition) is 9. The van der Waals surface area contributed by atoms with Crippen LogP contribution in [-0.4, -0.2) is 70.9 Å². The monoisotopic (exact) mass is 544 g/mol. The third-order valence-corrected chi connectivity index (χ3v) is 8.64. The lowest BCUT2D eigenvalue weighted by molar-refractivity contribution is 0.0544. The summed E-state index contributed by atoms with van der Waals surface area (Å²) in [5.41, 5.74) is 1.18. The summed E-state index contributed by atoms with van der Waals surface area (Å²) in [6, 6.07) is 4.66. The number of piperidine rings is 1. The molecule has 1 fully saturated rings. The summed E-state index contributed by atoms with van der Waals surface area (Å²) in [4.78, 5) is 30.2. The Balaban J connectivity index is 1.49. The van der Waals surface area contributed by atoms with Crippen LogP contribution >= 0.6 is 0 Å². The van der Waals surface area contributed by atoms with E-state index in [2.05, 4.69) is 15.1 Å². The van der Waals surface area contributed by atoms with Gasteiger partial charge in [-0.25, -0.2) is 27.6 Å². The van der Waals surface area contributed by atoms with Crippen molar-refractivity contribution in [3.05, 3.63) is 40.2 Å². The average Bonchev–Trinajstić information content (AvgIpc) is 3.25. The molecule has 204 valence electrons. The second kappa shape index (κ2) is 10.7. The first kappa shape index (κ1) is 26.2. The second-order valence-electron chi connectivity index (χ2n) is 9.29. The number of hydrogen-bond donors (Lipinski definition) is 1. The van der Waals surface area contributed by atoms with E-state index in [4.69, 9.17) is 19.3 Å². The van der Waals surface area contributed by atoms with Gasteiger partial charge in [0, 0.05) is 19.0 Å². The van der Waals surface area contributed by atoms with Gasteiger partial charge in [0.15, 0.2) is 12.3 Å². The lowest BCUT2D eigenvalue weighted by Gasteiger charge is -2.32. The molecular weight excluding hydrogens is 512 g/mol. The van der Waals surface area contributed by atoms with Crippen LogP contribution in [0.2, 0.25) is 0 Å². The summed E-state index contributed by atoms with van der Waals surface area (Å²) in [6.07, 6.45) is 2.67. The maximum absolute atomic E-state index is 13.6. The Labute approximate surface area is 220 Å². The maximum Gasteiger partial charge on any atom is 0.334 e. The molecule has 2 aromatic heterocycles. The first-order valence-corrected chi connectivity index (χ1v) is 14.4. The number of imidazole rings is 1. The highest BCUT2D eigenvalue weighted by Crippen LogP contribution is 2.33. The number of fused-ring (bicyclic) bond motifs is 1. The summed E-state index contributed by atoms with van der Waals surface area (Å²) in [5.74, 6) is 1.77. The lowest BCUT2D eigenvalue weighted by Crippen LogP contribution is -2.41. The third kappa shape index (κ3) is 4.87. The van der Waals surface area contributed by atoms with Gasteiger partial charge in [-0.1, -0.05) is 18.5 Å². The van der Waals surface area contributed by atoms with E-state index in [1.165, 1.54) is 20.8 Å². The van der Waals surface area contributed by atoms with E-state index in [9.17, 15) is 13.2 Å². The molecule has 2 aliphatic heterocycles. The molecule has 1 aromatic carbocycles. The van der Waals surface area contributed by atoms with Gasteiger partial charge in [0.25, 0.3) is 0 Å². The molecule has 3 aromatic rings. The Bertz CT molecular complexity index is 1520. The molecule has 5 rings (SSSR count). The van der Waals surface area contributed by atoms with E-state index in [1.807, 2.05) is 13.8 Å². The Morgan fingerprint density at radius 1 is 1.16 bits per heavy atom. The van der Waals surface area contributed by atoms with E-state index < -0.39 is 15.7 Å². The quantitative estimate of drug-likeness (QED) is 0.456. The van der Waals surface area contributed by atoms with E-state index in [-0.39, 0.29) is 16.6 Å². The van der Waals surface area contributed by atoms with Crippen LogP contribution in [0, 0.1) is 12.8 Å². The molecule has 0 unspecified atom stereocenters. The second-order valence-corrected chi connectivity index (χ2v) is 11.2. The van der Waals surface area contributed by atoms with Gasteiger partial charge >= 0.3 is 5.69 Å². The Morgan fingerprint density at radius 2 is 1.95 bits per heavy atom. The zero-order valence-corrected chi connectivity index (χ0v) is 22.6. The molecule has 0 atom stereocenters. The third-order valence-electron chi connectivity index (χ3n) is 6.75. The van der Waals surface area contributed by atoms with E-state index in [0.717, 1.165) is 12.1 Å². The van der Waals surface area contributed by atoms with E-state index in [0.29, 0.717) is 80.9 Å². The lowest BCUT2D eigenvalue weighted by atomic mass is 9.98. The number of rotatable bonds is 8. The Morgan fingerprint density at radius 3 is 2.63 bits per heavy atom. The van der Waals surface area contributed by atoms with Gasteiger partial charge in [-0.15, -0.1) is 0 Å². The molecule has 13 heteroatoms. The molecule has 1 N–H and O–H groups in total. The molecule has 0 saturated carbocycles. The highest BCUT2D eigenvalue weighted by Gasteiger charge is 2.33. The first-order chi connectivity index (χ1) is 18.3. The summed E-state index contributed by atoms with van der Waals surface area (Å²) < 4.78 is 41.6. The fourth-order valence-electron chi connectivity index (χ4n) is 4.90. The van der Waals surface area contributed by atoms with Gasteiger partial charge in [0.1, 0.15) is 24.0 Å². The van der Waals surface area contributed by atoms with Gasteiger partial charge < -0.3 is 14.3 Å². The molecule has 38 heavy (non-hydrogen) atoms.